The first-order valence-electron chi connectivity index (χ1n) is 13.8. The molecule has 0 radical (unpaired) electrons. The van der Waals surface area contributed by atoms with Crippen LogP contribution in [-0.4, -0.2) is 107 Å². The van der Waals surface area contributed by atoms with E-state index >= 15 is 0 Å². The molecule has 1 aromatic carbocycles. The minimum atomic E-state index is -4.93. The fourth-order valence-corrected chi connectivity index (χ4v) is 6.34. The van der Waals surface area contributed by atoms with Crippen molar-refractivity contribution >= 4 is 33.0 Å². The lowest BCUT2D eigenvalue weighted by Gasteiger charge is -2.38. The number of anilines is 1. The van der Waals surface area contributed by atoms with Gasteiger partial charge in [0.2, 0.25) is 10.0 Å². The summed E-state index contributed by atoms with van der Waals surface area (Å²) in [4.78, 5) is 31.9. The van der Waals surface area contributed by atoms with Gasteiger partial charge in [-0.1, -0.05) is 18.6 Å². The smallest absolute Gasteiger partial charge is 0.480 e. The first kappa shape index (κ1) is 33.0. The topological polar surface area (TPSA) is 168 Å². The zero-order valence-corrected chi connectivity index (χ0v) is 24.7. The number of aliphatic carboxylic acids is 1. The van der Waals surface area contributed by atoms with Gasteiger partial charge in [0.1, 0.15) is 29.5 Å². The summed E-state index contributed by atoms with van der Waals surface area (Å²) >= 11 is 0. The molecule has 5 rings (SSSR count). The monoisotopic (exact) mass is 638 g/mol. The van der Waals surface area contributed by atoms with E-state index in [-0.39, 0.29) is 24.5 Å². The molecule has 2 aromatic heterocycles. The van der Waals surface area contributed by atoms with Crippen LogP contribution >= 0.6 is 0 Å². The standard InChI is InChI=1S/C18H15F3N6O5S.C9H18N2/c19-18(20,21)32-11-1-3-12(4-2-11)33(30,31)27-6-5-26(9-14(27)17(28)29)15-8-23-13-7-22-10-24-16(13)25-15;1-2-5-11-6-3-9(8-10)4-7-11/h1-4,7-8,10,14H,5-6,9H2,(H,28,29);3H,2,4-8,10H2,1H3/t14-;/m1./s1. The van der Waals surface area contributed by atoms with Gasteiger partial charge in [-0.2, -0.15) is 4.31 Å². The number of hydrogen-bond acceptors (Lipinski definition) is 11. The van der Waals surface area contributed by atoms with Crippen molar-refractivity contribution in [3.05, 3.63) is 54.6 Å². The van der Waals surface area contributed by atoms with E-state index in [0.29, 0.717) is 17.0 Å². The Kier molecular flexibility index (Phi) is 10.7. The molecule has 0 bridgehead atoms. The number of hydrogen-bond donors (Lipinski definition) is 2. The Bertz CT molecular complexity index is 1570. The molecule has 13 nitrogen and oxygen atoms in total. The summed E-state index contributed by atoms with van der Waals surface area (Å²) in [5.74, 6) is -1.67. The number of piperazine rings is 1. The first-order chi connectivity index (χ1) is 20.9. The van der Waals surface area contributed by atoms with Crippen LogP contribution in [0.4, 0.5) is 19.0 Å². The summed E-state index contributed by atoms with van der Waals surface area (Å²) < 4.78 is 67.6. The molecule has 0 spiro atoms. The number of fused-ring (bicyclic) bond motifs is 1. The number of nitrogens with zero attached hydrogens (tertiary/aromatic N) is 7. The van der Waals surface area contributed by atoms with E-state index in [1.165, 1.54) is 50.2 Å². The Balaban J connectivity index is 0.000000339. The maximum absolute atomic E-state index is 13.1. The van der Waals surface area contributed by atoms with Crippen molar-refractivity contribution in [2.24, 2.45) is 5.73 Å². The van der Waals surface area contributed by atoms with Gasteiger partial charge in [0.15, 0.2) is 5.65 Å². The molecule has 0 amide bonds. The number of alkyl halides is 3. The van der Waals surface area contributed by atoms with E-state index in [2.05, 4.69) is 42.6 Å². The van der Waals surface area contributed by atoms with E-state index < -0.39 is 34.1 Å². The molecule has 2 aliphatic heterocycles. The third-order valence-corrected chi connectivity index (χ3v) is 8.93. The molecule has 3 N–H and O–H groups in total. The summed E-state index contributed by atoms with van der Waals surface area (Å²) in [5, 5.41) is 9.69. The molecule has 1 saturated heterocycles. The van der Waals surface area contributed by atoms with E-state index in [1.807, 2.05) is 0 Å². The van der Waals surface area contributed by atoms with E-state index in [0.717, 1.165) is 41.7 Å². The van der Waals surface area contributed by atoms with Crippen molar-refractivity contribution in [2.45, 2.75) is 37.1 Å². The Morgan fingerprint density at radius 3 is 2.50 bits per heavy atom. The predicted octanol–water partition coefficient (Wildman–Crippen LogP) is 2.27. The second kappa shape index (κ2) is 14.2. The van der Waals surface area contributed by atoms with Crippen molar-refractivity contribution in [1.82, 2.24) is 29.1 Å². The van der Waals surface area contributed by atoms with Gasteiger partial charge in [0, 0.05) is 39.3 Å². The highest BCUT2D eigenvalue weighted by molar-refractivity contribution is 7.89. The van der Waals surface area contributed by atoms with Crippen molar-refractivity contribution < 1.29 is 36.2 Å². The summed E-state index contributed by atoms with van der Waals surface area (Å²) in [6, 6.07) is 2.07. The zero-order valence-electron chi connectivity index (χ0n) is 23.9. The average molecular weight is 639 g/mol. The summed E-state index contributed by atoms with van der Waals surface area (Å²) in [6.45, 7) is 6.19. The number of aromatic nitrogens is 4. The SMILES string of the molecule is CCCN1CC=C(CN)CC1.O=C(O)[C@H]1CN(c2cnc3cncnc3n2)CCN1S(=O)(=O)c1ccc(OC(F)(F)F)cc1. The fraction of sp³-hybridized carbons (Fsp3) is 0.444. The maximum Gasteiger partial charge on any atom is 0.573 e. The quantitative estimate of drug-likeness (QED) is 0.346. The Hall–Kier alpha value is -3.93. The fourth-order valence-electron chi connectivity index (χ4n) is 4.78. The molecular weight excluding hydrogens is 605 g/mol. The van der Waals surface area contributed by atoms with Crippen LogP contribution in [0.2, 0.25) is 0 Å². The van der Waals surface area contributed by atoms with Gasteiger partial charge >= 0.3 is 12.3 Å². The molecule has 1 fully saturated rings. The van der Waals surface area contributed by atoms with Crippen molar-refractivity contribution in [3.63, 3.8) is 0 Å². The van der Waals surface area contributed by atoms with Gasteiger partial charge in [-0.25, -0.2) is 28.4 Å². The molecule has 17 heteroatoms. The lowest BCUT2D eigenvalue weighted by atomic mass is 10.1. The third-order valence-electron chi connectivity index (χ3n) is 7.01. The molecule has 1 atom stereocenters. The molecule has 2 aliphatic rings. The number of carboxylic acid groups (broad SMARTS) is 1. The number of rotatable bonds is 8. The minimum Gasteiger partial charge on any atom is -0.480 e. The minimum absolute atomic E-state index is 0.101. The molecular formula is C27H33F3N8O5S. The van der Waals surface area contributed by atoms with E-state index in [4.69, 9.17) is 5.73 Å². The summed E-state index contributed by atoms with van der Waals surface area (Å²) in [7, 11) is -4.32. The normalized spacial score (nSPS) is 18.3. The van der Waals surface area contributed by atoms with Crippen LogP contribution in [-0.2, 0) is 14.8 Å². The largest absolute Gasteiger partial charge is 0.573 e. The molecule has 238 valence electrons. The molecule has 3 aromatic rings. The molecule has 44 heavy (non-hydrogen) atoms. The Labute approximate surface area is 252 Å². The van der Waals surface area contributed by atoms with Crippen molar-refractivity contribution in [3.8, 4) is 5.75 Å². The highest BCUT2D eigenvalue weighted by atomic mass is 32.2. The Morgan fingerprint density at radius 2 is 1.89 bits per heavy atom. The number of nitrogens with two attached hydrogens (primary N) is 1. The molecule has 4 heterocycles. The number of benzene rings is 1. The second-order valence-corrected chi connectivity index (χ2v) is 11.9. The summed E-state index contributed by atoms with van der Waals surface area (Å²) in [5.41, 5.74) is 7.70. The van der Waals surface area contributed by atoms with Crippen LogP contribution in [0.5, 0.6) is 5.75 Å². The number of carbonyl (C=O) groups is 1. The molecule has 0 unspecified atom stereocenters. The van der Waals surface area contributed by atoms with Gasteiger partial charge in [0.25, 0.3) is 0 Å². The molecule has 0 saturated carbocycles. The van der Waals surface area contributed by atoms with Crippen LogP contribution in [0.15, 0.2) is 59.5 Å². The van der Waals surface area contributed by atoms with E-state index in [1.54, 1.807) is 4.90 Å². The van der Waals surface area contributed by atoms with Gasteiger partial charge in [-0.3, -0.25) is 9.69 Å². The van der Waals surface area contributed by atoms with Crippen molar-refractivity contribution in [2.75, 3.05) is 50.7 Å². The zero-order chi connectivity index (χ0) is 31.9. The first-order valence-corrected chi connectivity index (χ1v) is 15.2. The maximum atomic E-state index is 13.1. The third kappa shape index (κ3) is 8.37. The van der Waals surface area contributed by atoms with Gasteiger partial charge < -0.3 is 20.5 Å². The van der Waals surface area contributed by atoms with Crippen LogP contribution < -0.4 is 15.4 Å². The van der Waals surface area contributed by atoms with Crippen LogP contribution in [0.3, 0.4) is 0 Å². The molecule has 0 aliphatic carbocycles. The van der Waals surface area contributed by atoms with Gasteiger partial charge in [0.05, 0.1) is 17.3 Å². The highest BCUT2D eigenvalue weighted by Crippen LogP contribution is 2.28. The number of halogens is 3. The van der Waals surface area contributed by atoms with Crippen molar-refractivity contribution in [1.29, 1.82) is 0 Å². The van der Waals surface area contributed by atoms with Gasteiger partial charge in [-0.05, 0) is 43.7 Å². The lowest BCUT2D eigenvalue weighted by Crippen LogP contribution is -2.58. The second-order valence-electron chi connectivity index (χ2n) is 10.0. The van der Waals surface area contributed by atoms with E-state index in [9.17, 15) is 31.5 Å². The lowest BCUT2D eigenvalue weighted by molar-refractivity contribution is -0.274. The number of sulfonamides is 1. The highest BCUT2D eigenvalue weighted by Gasteiger charge is 2.41. The Morgan fingerprint density at radius 1 is 1.14 bits per heavy atom. The predicted molar refractivity (Wildman–Crippen MR) is 154 cm³/mol. The van der Waals surface area contributed by atoms with Gasteiger partial charge in [-0.15, -0.1) is 13.2 Å². The summed E-state index contributed by atoms with van der Waals surface area (Å²) in [6.07, 6.45) is 3.95. The van der Waals surface area contributed by atoms with Crippen LogP contribution in [0.1, 0.15) is 19.8 Å². The number of carboxylic acids is 1. The number of ether oxygens (including phenoxy) is 1. The van der Waals surface area contributed by atoms with Crippen LogP contribution in [0, 0.1) is 0 Å². The van der Waals surface area contributed by atoms with Crippen LogP contribution in [0.25, 0.3) is 11.2 Å². The average Bonchev–Trinajstić information content (AvgIpc) is 3.01.